The minimum Gasteiger partial charge on any atom is -0.353 e. The van der Waals surface area contributed by atoms with Gasteiger partial charge >= 0.3 is 0 Å². The molecule has 0 radical (unpaired) electrons. The van der Waals surface area contributed by atoms with Crippen LogP contribution < -0.4 is 5.32 Å². The highest BCUT2D eigenvalue weighted by molar-refractivity contribution is 7.99. The molecule has 0 spiro atoms. The highest BCUT2D eigenvalue weighted by atomic mass is 32.2. The van der Waals surface area contributed by atoms with E-state index < -0.39 is 0 Å². The predicted molar refractivity (Wildman–Crippen MR) is 109 cm³/mol. The number of imidazole rings is 1. The molecule has 25 heavy (non-hydrogen) atoms. The van der Waals surface area contributed by atoms with E-state index in [-0.39, 0.29) is 11.9 Å². The third-order valence-electron chi connectivity index (χ3n) is 3.96. The number of thioether (sulfide) groups is 2. The Hall–Kier alpha value is -1.40. The number of amides is 1. The molecular formula is C19H27N3OS2. The van der Waals surface area contributed by atoms with Crippen LogP contribution >= 0.6 is 23.5 Å². The van der Waals surface area contributed by atoms with E-state index in [1.165, 1.54) is 17.3 Å². The van der Waals surface area contributed by atoms with Crippen LogP contribution in [0.5, 0.6) is 0 Å². The van der Waals surface area contributed by atoms with Crippen LogP contribution in [0.2, 0.25) is 0 Å². The van der Waals surface area contributed by atoms with Gasteiger partial charge in [-0.1, -0.05) is 42.1 Å². The summed E-state index contributed by atoms with van der Waals surface area (Å²) in [5.74, 6) is 1.52. The smallest absolute Gasteiger partial charge is 0.230 e. The van der Waals surface area contributed by atoms with Crippen LogP contribution in [0.1, 0.15) is 30.3 Å². The van der Waals surface area contributed by atoms with Gasteiger partial charge in [0.2, 0.25) is 5.91 Å². The summed E-state index contributed by atoms with van der Waals surface area (Å²) in [6.45, 7) is 4.10. The van der Waals surface area contributed by atoms with E-state index in [0.717, 1.165) is 41.6 Å². The van der Waals surface area contributed by atoms with Crippen LogP contribution in [0.3, 0.4) is 0 Å². The van der Waals surface area contributed by atoms with Crippen LogP contribution in [0, 0.1) is 6.92 Å². The fourth-order valence-electron chi connectivity index (χ4n) is 2.53. The summed E-state index contributed by atoms with van der Waals surface area (Å²) in [6.07, 6.45) is 4.98. The van der Waals surface area contributed by atoms with Gasteiger partial charge in [-0.2, -0.15) is 11.8 Å². The van der Waals surface area contributed by atoms with E-state index in [9.17, 15) is 4.79 Å². The van der Waals surface area contributed by atoms with Gasteiger partial charge in [0, 0.05) is 18.2 Å². The molecule has 0 unspecified atom stereocenters. The Kier molecular flexibility index (Phi) is 8.41. The van der Waals surface area contributed by atoms with Gasteiger partial charge in [-0.05, 0) is 44.3 Å². The first kappa shape index (κ1) is 19.9. The number of rotatable bonds is 10. The molecule has 0 aliphatic rings. The lowest BCUT2D eigenvalue weighted by Crippen LogP contribution is -2.34. The van der Waals surface area contributed by atoms with Crippen LogP contribution in [0.4, 0.5) is 0 Å². The molecule has 0 aliphatic heterocycles. The van der Waals surface area contributed by atoms with E-state index in [0.29, 0.717) is 5.75 Å². The molecule has 136 valence electrons. The number of carbonyl (C=O) groups is 1. The second-order valence-corrected chi connectivity index (χ2v) is 8.09. The standard InChI is InChI=1S/C19H27N3OS2/c1-14(9-10-16-7-5-4-6-8-16)20-18(23)13-25-19-21-15(2)17(22-19)11-12-24-3/h4-8,14H,9-13H2,1-3H3,(H,20,23)(H,21,22)/t14-/m1/s1. The van der Waals surface area contributed by atoms with Crippen molar-refractivity contribution in [2.45, 2.75) is 44.3 Å². The topological polar surface area (TPSA) is 57.8 Å². The van der Waals surface area contributed by atoms with Crippen LogP contribution in [-0.4, -0.2) is 39.7 Å². The van der Waals surface area contributed by atoms with Gasteiger partial charge in [-0.25, -0.2) is 4.98 Å². The first-order valence-corrected chi connectivity index (χ1v) is 11.0. The average molecular weight is 378 g/mol. The van der Waals surface area contributed by atoms with Gasteiger partial charge in [-0.15, -0.1) is 0 Å². The quantitative estimate of drug-likeness (QED) is 0.618. The highest BCUT2D eigenvalue weighted by Gasteiger charge is 2.11. The first-order chi connectivity index (χ1) is 12.1. The lowest BCUT2D eigenvalue weighted by Gasteiger charge is -2.13. The Morgan fingerprint density at radius 3 is 2.76 bits per heavy atom. The summed E-state index contributed by atoms with van der Waals surface area (Å²) < 4.78 is 0. The molecule has 6 heteroatoms. The summed E-state index contributed by atoms with van der Waals surface area (Å²) >= 11 is 3.29. The second-order valence-electron chi connectivity index (χ2n) is 6.14. The zero-order valence-corrected chi connectivity index (χ0v) is 16.8. The summed E-state index contributed by atoms with van der Waals surface area (Å²) in [4.78, 5) is 20.0. The summed E-state index contributed by atoms with van der Waals surface area (Å²) in [7, 11) is 0. The summed E-state index contributed by atoms with van der Waals surface area (Å²) in [5.41, 5.74) is 3.52. The number of aromatic nitrogens is 2. The number of aromatic amines is 1. The molecule has 0 saturated carbocycles. The minimum absolute atomic E-state index is 0.0604. The molecule has 0 fully saturated rings. The maximum atomic E-state index is 12.1. The molecule has 1 atom stereocenters. The maximum absolute atomic E-state index is 12.1. The minimum atomic E-state index is 0.0604. The van der Waals surface area contributed by atoms with Crippen molar-refractivity contribution in [3.8, 4) is 0 Å². The fraction of sp³-hybridized carbons (Fsp3) is 0.474. The van der Waals surface area contributed by atoms with Crippen LogP contribution in [0.25, 0.3) is 0 Å². The van der Waals surface area contributed by atoms with Crippen molar-refractivity contribution in [2.24, 2.45) is 0 Å². The number of carbonyl (C=O) groups excluding carboxylic acids is 1. The van der Waals surface area contributed by atoms with Crippen molar-refractivity contribution in [3.63, 3.8) is 0 Å². The number of hydrogen-bond donors (Lipinski definition) is 2. The largest absolute Gasteiger partial charge is 0.353 e. The zero-order chi connectivity index (χ0) is 18.1. The average Bonchev–Trinajstić information content (AvgIpc) is 2.97. The number of nitrogens with zero attached hydrogens (tertiary/aromatic N) is 1. The number of H-pyrrole nitrogens is 1. The number of aryl methyl sites for hydroxylation is 3. The molecule has 2 aromatic rings. The van der Waals surface area contributed by atoms with E-state index in [2.05, 4.69) is 40.6 Å². The van der Waals surface area contributed by atoms with Crippen molar-refractivity contribution in [1.82, 2.24) is 15.3 Å². The van der Waals surface area contributed by atoms with Gasteiger partial charge in [0.05, 0.1) is 11.4 Å². The number of nitrogens with one attached hydrogen (secondary N) is 2. The van der Waals surface area contributed by atoms with Gasteiger partial charge in [0.1, 0.15) is 0 Å². The van der Waals surface area contributed by atoms with Crippen molar-refractivity contribution >= 4 is 29.4 Å². The van der Waals surface area contributed by atoms with Gasteiger partial charge < -0.3 is 10.3 Å². The van der Waals surface area contributed by atoms with Crippen molar-refractivity contribution in [2.75, 3.05) is 17.8 Å². The molecule has 1 aromatic heterocycles. The Labute approximate surface area is 159 Å². The molecule has 4 nitrogen and oxygen atoms in total. The number of hydrogen-bond acceptors (Lipinski definition) is 4. The zero-order valence-electron chi connectivity index (χ0n) is 15.2. The molecular weight excluding hydrogens is 350 g/mol. The fourth-order valence-corrected chi connectivity index (χ4v) is 3.68. The molecule has 1 heterocycles. The maximum Gasteiger partial charge on any atom is 0.230 e. The van der Waals surface area contributed by atoms with Crippen LogP contribution in [0.15, 0.2) is 35.5 Å². The Balaban J connectivity index is 1.71. The normalized spacial score (nSPS) is 12.1. The molecule has 1 aromatic carbocycles. The predicted octanol–water partition coefficient (Wildman–Crippen LogP) is 3.85. The number of benzene rings is 1. The van der Waals surface area contributed by atoms with Gasteiger partial charge in [0.15, 0.2) is 5.16 Å². The van der Waals surface area contributed by atoms with E-state index in [4.69, 9.17) is 0 Å². The van der Waals surface area contributed by atoms with Crippen molar-refractivity contribution in [1.29, 1.82) is 0 Å². The van der Waals surface area contributed by atoms with Crippen molar-refractivity contribution in [3.05, 3.63) is 47.3 Å². The summed E-state index contributed by atoms with van der Waals surface area (Å²) in [6, 6.07) is 10.5. The molecule has 0 aliphatic carbocycles. The van der Waals surface area contributed by atoms with Crippen molar-refractivity contribution < 1.29 is 4.79 Å². The lowest BCUT2D eigenvalue weighted by molar-refractivity contribution is -0.119. The van der Waals surface area contributed by atoms with Crippen LogP contribution in [-0.2, 0) is 17.6 Å². The Morgan fingerprint density at radius 1 is 1.28 bits per heavy atom. The highest BCUT2D eigenvalue weighted by Crippen LogP contribution is 2.17. The Bertz CT molecular complexity index is 658. The SMILES string of the molecule is CSCCc1nc(SCC(=O)N[C@H](C)CCc2ccccc2)[nH]c1C. The van der Waals surface area contributed by atoms with E-state index in [1.807, 2.05) is 36.9 Å². The third-order valence-corrected chi connectivity index (χ3v) is 5.45. The molecule has 0 saturated heterocycles. The van der Waals surface area contributed by atoms with E-state index in [1.54, 1.807) is 0 Å². The molecule has 2 rings (SSSR count). The third kappa shape index (κ3) is 7.16. The van der Waals surface area contributed by atoms with E-state index >= 15 is 0 Å². The first-order valence-electron chi connectivity index (χ1n) is 8.59. The second kappa shape index (κ2) is 10.6. The molecule has 0 bridgehead atoms. The monoisotopic (exact) mass is 377 g/mol. The molecule has 1 amide bonds. The van der Waals surface area contributed by atoms with Gasteiger partial charge in [0.25, 0.3) is 0 Å². The lowest BCUT2D eigenvalue weighted by atomic mass is 10.1. The summed E-state index contributed by atoms with van der Waals surface area (Å²) in [5, 5.41) is 3.91. The molecule has 2 N–H and O–H groups in total. The Morgan fingerprint density at radius 2 is 2.04 bits per heavy atom. The van der Waals surface area contributed by atoms with Gasteiger partial charge in [-0.3, -0.25) is 4.79 Å².